The van der Waals surface area contributed by atoms with E-state index in [9.17, 15) is 13.2 Å². The molecule has 6 aromatic carbocycles. The average Bonchev–Trinajstić information content (AvgIpc) is 3.84. The molecule has 0 unspecified atom stereocenters. The zero-order valence-electron chi connectivity index (χ0n) is 30.5. The molecular weight excluding hydrogens is 689 g/mol. The SMILES string of the molecule is CN(C(=O)C(C)(C)c1ccccc1)S(=O)(=O)c1ccccc1C1=c2ccc(=C3CCc4ccccc43)cc2Oc2cc(N3CCc4ccccc43)ccc21. The summed E-state index contributed by atoms with van der Waals surface area (Å²) < 4.78 is 37.1. The summed E-state index contributed by atoms with van der Waals surface area (Å²) in [5, 5.41) is 1.87. The summed E-state index contributed by atoms with van der Waals surface area (Å²) in [4.78, 5) is 16.4. The summed E-state index contributed by atoms with van der Waals surface area (Å²) in [6, 6.07) is 45.8. The Morgan fingerprint density at radius 1 is 0.685 bits per heavy atom. The average molecular weight is 729 g/mol. The lowest BCUT2D eigenvalue weighted by Crippen LogP contribution is -2.44. The van der Waals surface area contributed by atoms with Crippen LogP contribution in [0.3, 0.4) is 0 Å². The lowest BCUT2D eigenvalue weighted by Gasteiger charge is -2.30. The summed E-state index contributed by atoms with van der Waals surface area (Å²) in [5.74, 6) is 0.790. The van der Waals surface area contributed by atoms with E-state index >= 15 is 0 Å². The zero-order valence-corrected chi connectivity index (χ0v) is 31.4. The van der Waals surface area contributed by atoms with Gasteiger partial charge in [-0.25, -0.2) is 12.7 Å². The van der Waals surface area contributed by atoms with E-state index in [2.05, 4.69) is 83.8 Å². The largest absolute Gasteiger partial charge is 0.456 e. The summed E-state index contributed by atoms with van der Waals surface area (Å²) >= 11 is 0. The summed E-state index contributed by atoms with van der Waals surface area (Å²) in [6.07, 6.45) is 2.88. The van der Waals surface area contributed by atoms with Crippen LogP contribution in [0.2, 0.25) is 0 Å². The number of benzene rings is 6. The second-order valence-electron chi connectivity index (χ2n) is 14.8. The number of ether oxygens (including phenoxy) is 1. The Kier molecular flexibility index (Phi) is 8.09. The molecule has 7 heteroatoms. The Morgan fingerprint density at radius 2 is 1.39 bits per heavy atom. The van der Waals surface area contributed by atoms with Crippen LogP contribution in [0.5, 0.6) is 11.5 Å². The minimum atomic E-state index is -4.31. The maximum atomic E-state index is 14.7. The van der Waals surface area contributed by atoms with Gasteiger partial charge in [0.05, 0.1) is 10.3 Å². The highest BCUT2D eigenvalue weighted by atomic mass is 32.2. The van der Waals surface area contributed by atoms with Crippen molar-refractivity contribution in [1.29, 1.82) is 0 Å². The zero-order chi connectivity index (χ0) is 37.2. The molecule has 0 aromatic heterocycles. The molecule has 2 heterocycles. The molecule has 0 saturated carbocycles. The number of para-hydroxylation sites is 1. The molecule has 6 aromatic rings. The number of amides is 1. The second-order valence-corrected chi connectivity index (χ2v) is 16.7. The van der Waals surface area contributed by atoms with E-state index in [1.807, 2.05) is 48.5 Å². The maximum Gasteiger partial charge on any atom is 0.266 e. The van der Waals surface area contributed by atoms with Crippen molar-refractivity contribution in [2.75, 3.05) is 18.5 Å². The smallest absolute Gasteiger partial charge is 0.266 e. The molecule has 0 saturated heterocycles. The summed E-state index contributed by atoms with van der Waals surface area (Å²) in [5.41, 5.74) is 9.05. The van der Waals surface area contributed by atoms with Crippen LogP contribution in [0, 0.1) is 0 Å². The third-order valence-electron chi connectivity index (χ3n) is 11.4. The normalized spacial score (nSPS) is 15.5. The highest BCUT2D eigenvalue weighted by Gasteiger charge is 2.39. The third kappa shape index (κ3) is 5.45. The number of aryl methyl sites for hydroxylation is 1. The van der Waals surface area contributed by atoms with Crippen molar-refractivity contribution in [2.24, 2.45) is 0 Å². The van der Waals surface area contributed by atoms with Crippen molar-refractivity contribution >= 4 is 38.5 Å². The lowest BCUT2D eigenvalue weighted by atomic mass is 9.84. The Morgan fingerprint density at radius 3 is 2.20 bits per heavy atom. The van der Waals surface area contributed by atoms with E-state index in [1.165, 1.54) is 35.0 Å². The van der Waals surface area contributed by atoms with Gasteiger partial charge in [-0.15, -0.1) is 0 Å². The molecule has 268 valence electrons. The first-order valence-electron chi connectivity index (χ1n) is 18.4. The van der Waals surface area contributed by atoms with Crippen molar-refractivity contribution in [3.05, 3.63) is 183 Å². The number of carbonyl (C=O) groups excluding carboxylic acids is 1. The molecule has 0 spiro atoms. The molecule has 1 aliphatic carbocycles. The van der Waals surface area contributed by atoms with Gasteiger partial charge in [-0.3, -0.25) is 4.79 Å². The number of fused-ring (bicyclic) bond motifs is 4. The Labute approximate surface area is 316 Å². The number of hydrogen-bond acceptors (Lipinski definition) is 5. The number of rotatable bonds is 6. The maximum absolute atomic E-state index is 14.7. The van der Waals surface area contributed by atoms with E-state index in [0.29, 0.717) is 17.1 Å². The van der Waals surface area contributed by atoms with Crippen molar-refractivity contribution in [3.8, 4) is 11.5 Å². The van der Waals surface area contributed by atoms with E-state index < -0.39 is 21.3 Å². The van der Waals surface area contributed by atoms with Gasteiger partial charge in [0.15, 0.2) is 0 Å². The van der Waals surface area contributed by atoms with Crippen LogP contribution in [0.4, 0.5) is 11.4 Å². The van der Waals surface area contributed by atoms with Crippen molar-refractivity contribution in [3.63, 3.8) is 0 Å². The lowest BCUT2D eigenvalue weighted by molar-refractivity contribution is -0.130. The fourth-order valence-electron chi connectivity index (χ4n) is 8.38. The Bertz CT molecular complexity index is 2740. The monoisotopic (exact) mass is 728 g/mol. The van der Waals surface area contributed by atoms with Crippen LogP contribution in [-0.2, 0) is 33.1 Å². The molecule has 0 N–H and O–H groups in total. The molecule has 3 aliphatic rings. The Hall–Kier alpha value is -5.92. The van der Waals surface area contributed by atoms with Gasteiger partial charge in [-0.1, -0.05) is 97.1 Å². The fraction of sp³-hybridized carbons (Fsp3) is 0.170. The van der Waals surface area contributed by atoms with Crippen LogP contribution in [-0.4, -0.2) is 32.2 Å². The highest BCUT2D eigenvalue weighted by Crippen LogP contribution is 2.43. The van der Waals surface area contributed by atoms with Gasteiger partial charge in [-0.2, -0.15) is 0 Å². The van der Waals surface area contributed by atoms with Gasteiger partial charge in [0.1, 0.15) is 11.5 Å². The van der Waals surface area contributed by atoms with Crippen molar-refractivity contribution < 1.29 is 17.9 Å². The van der Waals surface area contributed by atoms with E-state index in [0.717, 1.165) is 62.9 Å². The first-order chi connectivity index (χ1) is 26.1. The predicted molar refractivity (Wildman–Crippen MR) is 214 cm³/mol. The predicted octanol–water partition coefficient (Wildman–Crippen LogP) is 8.00. The molecule has 0 atom stereocenters. The molecule has 1 amide bonds. The van der Waals surface area contributed by atoms with Gasteiger partial charge >= 0.3 is 0 Å². The van der Waals surface area contributed by atoms with E-state index in [4.69, 9.17) is 4.74 Å². The quantitative estimate of drug-likeness (QED) is 0.174. The van der Waals surface area contributed by atoms with Gasteiger partial charge in [0.25, 0.3) is 10.0 Å². The van der Waals surface area contributed by atoms with Crippen molar-refractivity contribution in [1.82, 2.24) is 4.31 Å². The first-order valence-corrected chi connectivity index (χ1v) is 19.9. The van der Waals surface area contributed by atoms with E-state index in [-0.39, 0.29) is 4.90 Å². The van der Waals surface area contributed by atoms with Crippen LogP contribution >= 0.6 is 0 Å². The minimum Gasteiger partial charge on any atom is -0.456 e. The van der Waals surface area contributed by atoms with Crippen LogP contribution in [0.25, 0.3) is 11.1 Å². The third-order valence-corrected chi connectivity index (χ3v) is 13.1. The summed E-state index contributed by atoms with van der Waals surface area (Å²) in [7, 11) is -2.95. The van der Waals surface area contributed by atoms with Gasteiger partial charge < -0.3 is 9.64 Å². The highest BCUT2D eigenvalue weighted by molar-refractivity contribution is 7.89. The molecule has 0 bridgehead atoms. The molecule has 0 fully saturated rings. The summed E-state index contributed by atoms with van der Waals surface area (Å²) in [6.45, 7) is 4.38. The van der Waals surface area contributed by atoms with Crippen LogP contribution in [0.15, 0.2) is 144 Å². The van der Waals surface area contributed by atoms with Crippen molar-refractivity contribution in [2.45, 2.75) is 43.4 Å². The second kappa shape index (κ2) is 12.9. The number of sulfonamides is 1. The molecule has 54 heavy (non-hydrogen) atoms. The van der Waals surface area contributed by atoms with Crippen LogP contribution in [0.1, 0.15) is 53.6 Å². The molecule has 9 rings (SSSR count). The van der Waals surface area contributed by atoms with Gasteiger partial charge in [-0.05, 0) is 103 Å². The van der Waals surface area contributed by atoms with E-state index in [1.54, 1.807) is 26.0 Å². The number of anilines is 2. The fourth-order valence-corrected chi connectivity index (χ4v) is 9.82. The molecule has 0 radical (unpaired) electrons. The number of carbonyl (C=O) groups is 1. The van der Waals surface area contributed by atoms with Gasteiger partial charge in [0, 0.05) is 53.0 Å². The van der Waals surface area contributed by atoms with Gasteiger partial charge in [0.2, 0.25) is 5.91 Å². The van der Waals surface area contributed by atoms with Crippen LogP contribution < -0.4 is 20.1 Å². The molecular formula is C47H40N2O4S. The topological polar surface area (TPSA) is 66.9 Å². The number of nitrogens with zero attached hydrogens (tertiary/aromatic N) is 2. The molecule has 2 aliphatic heterocycles. The first kappa shape index (κ1) is 33.9. The minimum absolute atomic E-state index is 0.0548. The number of likely N-dealkylation sites (N-methyl/N-ethyl adjacent to an activating group) is 1. The standard InChI is InChI=1S/C47H40N2O4S/c1-47(2,34-15-5-4-6-16-34)46(50)48(3)54(51,52)44-20-12-10-18-40(44)45-38-25-22-33(37-24-21-31-13-7-9-17-36(31)37)29-42(38)53-43-30-35(23-26-39(43)45)49-28-27-32-14-8-11-19-41(32)49/h4-20,22-23,25-26,29-30H,21,24,27-28H2,1-3H3. The molecule has 6 nitrogen and oxygen atoms in total. The number of hydrogen-bond donors (Lipinski definition) is 0. The Balaban J connectivity index is 1.22.